The zero-order valence-electron chi connectivity index (χ0n) is 23.6. The molecule has 2 amide bonds. The van der Waals surface area contributed by atoms with Crippen molar-refractivity contribution in [2.24, 2.45) is 11.0 Å². The molecule has 1 saturated carbocycles. The Hall–Kier alpha value is -2.19. The molecule has 3 rings (SSSR count). The Kier molecular flexibility index (Phi) is 11.5. The number of amides is 2. The van der Waals surface area contributed by atoms with E-state index < -0.39 is 116 Å². The van der Waals surface area contributed by atoms with Crippen LogP contribution in [0.3, 0.4) is 0 Å². The summed E-state index contributed by atoms with van der Waals surface area (Å²) in [5, 5.41) is 83.2. The van der Waals surface area contributed by atoms with Gasteiger partial charge in [-0.3, -0.25) is 9.59 Å². The van der Waals surface area contributed by atoms with Crippen LogP contribution in [0.15, 0.2) is 5.11 Å². The SMILES string of the molecule is CCC1C(O[C@@H]2C(OC3C(O)C(O)C(NC(C)=O)C(O)C3NC(C)=O)OC(C)C2(O)CN=[N+]=[N-])OC(CO)C(O)C1O. The number of carbonyl (C=O) groups is 2. The van der Waals surface area contributed by atoms with Gasteiger partial charge in [0.15, 0.2) is 12.6 Å². The molecule has 0 spiro atoms. The van der Waals surface area contributed by atoms with Crippen molar-refractivity contribution < 1.29 is 64.3 Å². The van der Waals surface area contributed by atoms with Crippen LogP contribution >= 0.6 is 0 Å². The summed E-state index contributed by atoms with van der Waals surface area (Å²) in [6.45, 7) is 4.10. The Morgan fingerprint density at radius 1 is 0.929 bits per heavy atom. The molecule has 3 aliphatic rings. The summed E-state index contributed by atoms with van der Waals surface area (Å²) in [5.74, 6) is -2.13. The second-order valence-electron chi connectivity index (χ2n) is 10.9. The van der Waals surface area contributed by atoms with Gasteiger partial charge in [-0.15, -0.1) is 0 Å². The largest absolute Gasteiger partial charge is 0.394 e. The van der Waals surface area contributed by atoms with E-state index in [1.807, 2.05) is 0 Å². The second kappa shape index (κ2) is 14.1. The first-order valence-corrected chi connectivity index (χ1v) is 13.6. The third kappa shape index (κ3) is 6.80. The smallest absolute Gasteiger partial charge is 0.217 e. The molecule has 3 fully saturated rings. The van der Waals surface area contributed by atoms with Gasteiger partial charge >= 0.3 is 0 Å². The van der Waals surface area contributed by atoms with Gasteiger partial charge in [-0.2, -0.15) is 0 Å². The normalized spacial score (nSPS) is 45.6. The van der Waals surface area contributed by atoms with E-state index >= 15 is 0 Å². The monoisotopic (exact) mass is 607 g/mol. The standard InChI is InChI=1S/C24H41N5O13/c1-5-11-15(33)16(34)12(6-30)40-22(11)42-21-23(39-8(2)24(21,38)7-26-29-25)41-20-14(28-10(4)32)17(35)13(27-9(3)31)18(36)19(20)37/h8,11-23,30,33-38H,5-7H2,1-4H3,(H,27,31)(H,28,32)/t8?,11?,12?,13?,14?,15?,16?,17?,18?,19?,20?,21-,22?,23?,24?/m1/s1. The van der Waals surface area contributed by atoms with E-state index in [0.29, 0.717) is 0 Å². The van der Waals surface area contributed by atoms with Gasteiger partial charge in [0.1, 0.15) is 42.2 Å². The van der Waals surface area contributed by atoms with Crippen molar-refractivity contribution >= 4 is 11.8 Å². The highest BCUT2D eigenvalue weighted by Crippen LogP contribution is 2.40. The predicted molar refractivity (Wildman–Crippen MR) is 138 cm³/mol. The number of aliphatic hydroxyl groups is 7. The number of aliphatic hydroxyl groups excluding tert-OH is 6. The van der Waals surface area contributed by atoms with Crippen molar-refractivity contribution in [1.29, 1.82) is 0 Å². The van der Waals surface area contributed by atoms with Gasteiger partial charge in [0.05, 0.1) is 43.5 Å². The molecule has 0 radical (unpaired) electrons. The summed E-state index contributed by atoms with van der Waals surface area (Å²) in [6.07, 6.45) is -16.4. The Balaban J connectivity index is 1.98. The molecule has 0 aromatic carbocycles. The number of nitrogens with zero attached hydrogens (tertiary/aromatic N) is 3. The van der Waals surface area contributed by atoms with Gasteiger partial charge in [0, 0.05) is 24.7 Å². The summed E-state index contributed by atoms with van der Waals surface area (Å²) >= 11 is 0. The van der Waals surface area contributed by atoms with Crippen LogP contribution in [0.2, 0.25) is 0 Å². The molecule has 1 aliphatic carbocycles. The van der Waals surface area contributed by atoms with Crippen LogP contribution in [0.5, 0.6) is 0 Å². The first-order valence-electron chi connectivity index (χ1n) is 13.6. The fraction of sp³-hybridized carbons (Fsp3) is 0.917. The summed E-state index contributed by atoms with van der Waals surface area (Å²) in [7, 11) is 0. The van der Waals surface area contributed by atoms with Crippen LogP contribution in [0.4, 0.5) is 0 Å². The molecule has 9 N–H and O–H groups in total. The van der Waals surface area contributed by atoms with Crippen molar-refractivity contribution in [3.8, 4) is 0 Å². The molecular formula is C24H41N5O13. The minimum absolute atomic E-state index is 0.222. The minimum Gasteiger partial charge on any atom is -0.394 e. The predicted octanol–water partition coefficient (Wildman–Crippen LogP) is -3.89. The first-order chi connectivity index (χ1) is 19.7. The zero-order chi connectivity index (χ0) is 31.5. The van der Waals surface area contributed by atoms with Crippen LogP contribution in [0.25, 0.3) is 10.4 Å². The third-order valence-corrected chi connectivity index (χ3v) is 8.10. The summed E-state index contributed by atoms with van der Waals surface area (Å²) in [4.78, 5) is 26.4. The van der Waals surface area contributed by atoms with E-state index in [2.05, 4.69) is 20.7 Å². The molecule has 0 bridgehead atoms. The minimum atomic E-state index is -2.09. The van der Waals surface area contributed by atoms with E-state index in [1.54, 1.807) is 6.92 Å². The van der Waals surface area contributed by atoms with Crippen molar-refractivity contribution in [2.75, 3.05) is 13.2 Å². The molecule has 0 aromatic rings. The topological polar surface area (TPSA) is 285 Å². The molecule has 14 unspecified atom stereocenters. The number of azide groups is 1. The molecule has 15 atom stereocenters. The quantitative estimate of drug-likeness (QED) is 0.0653. The van der Waals surface area contributed by atoms with Crippen molar-refractivity contribution in [3.63, 3.8) is 0 Å². The fourth-order valence-corrected chi connectivity index (χ4v) is 5.72. The Labute approximate surface area is 241 Å². The Morgan fingerprint density at radius 3 is 2.10 bits per heavy atom. The van der Waals surface area contributed by atoms with Crippen LogP contribution in [0.1, 0.15) is 34.1 Å². The van der Waals surface area contributed by atoms with E-state index in [-0.39, 0.29) is 6.42 Å². The van der Waals surface area contributed by atoms with Crippen LogP contribution in [-0.2, 0) is 28.5 Å². The third-order valence-electron chi connectivity index (χ3n) is 8.10. The zero-order valence-corrected chi connectivity index (χ0v) is 23.6. The lowest BCUT2D eigenvalue weighted by Crippen LogP contribution is -2.72. The van der Waals surface area contributed by atoms with Crippen molar-refractivity contribution in [2.45, 2.75) is 119 Å². The lowest BCUT2D eigenvalue weighted by Gasteiger charge is -2.47. The summed E-state index contributed by atoms with van der Waals surface area (Å²) in [5.41, 5.74) is 6.84. The maximum Gasteiger partial charge on any atom is 0.217 e. The first kappa shape index (κ1) is 34.3. The average Bonchev–Trinajstić information content (AvgIpc) is 3.16. The van der Waals surface area contributed by atoms with Gasteiger partial charge in [-0.05, 0) is 18.9 Å². The molecule has 0 aromatic heterocycles. The van der Waals surface area contributed by atoms with Gasteiger partial charge in [0.25, 0.3) is 0 Å². The van der Waals surface area contributed by atoms with Crippen LogP contribution in [-0.4, -0.2) is 146 Å². The molecular weight excluding hydrogens is 566 g/mol. The van der Waals surface area contributed by atoms with Crippen molar-refractivity contribution in [1.82, 2.24) is 10.6 Å². The second-order valence-corrected chi connectivity index (χ2v) is 10.9. The van der Waals surface area contributed by atoms with E-state index in [0.717, 1.165) is 13.8 Å². The summed E-state index contributed by atoms with van der Waals surface area (Å²) in [6, 6.07) is -2.80. The van der Waals surface area contributed by atoms with Gasteiger partial charge in [0.2, 0.25) is 11.8 Å². The molecule has 2 saturated heterocycles. The van der Waals surface area contributed by atoms with E-state index in [4.69, 9.17) is 24.5 Å². The molecule has 2 heterocycles. The highest BCUT2D eigenvalue weighted by Gasteiger charge is 2.60. The highest BCUT2D eigenvalue weighted by atomic mass is 16.8. The van der Waals surface area contributed by atoms with Gasteiger partial charge in [-0.1, -0.05) is 12.0 Å². The Morgan fingerprint density at radius 2 is 1.55 bits per heavy atom. The maximum absolute atomic E-state index is 12.0. The molecule has 18 nitrogen and oxygen atoms in total. The van der Waals surface area contributed by atoms with Crippen LogP contribution in [0, 0.1) is 5.92 Å². The van der Waals surface area contributed by atoms with Crippen molar-refractivity contribution in [3.05, 3.63) is 10.4 Å². The van der Waals surface area contributed by atoms with E-state index in [9.17, 15) is 45.3 Å². The molecule has 240 valence electrons. The number of rotatable bonds is 10. The molecule has 42 heavy (non-hydrogen) atoms. The lowest BCUT2D eigenvalue weighted by atomic mass is 9.81. The van der Waals surface area contributed by atoms with Crippen LogP contribution < -0.4 is 10.6 Å². The summed E-state index contributed by atoms with van der Waals surface area (Å²) < 4.78 is 23.6. The number of hydrogen-bond donors (Lipinski definition) is 9. The lowest BCUT2D eigenvalue weighted by molar-refractivity contribution is -0.327. The molecule has 2 aliphatic heterocycles. The fourth-order valence-electron chi connectivity index (χ4n) is 5.72. The molecule has 18 heteroatoms. The number of ether oxygens (including phenoxy) is 4. The van der Waals surface area contributed by atoms with E-state index in [1.165, 1.54) is 6.92 Å². The maximum atomic E-state index is 12.0. The number of hydrogen-bond acceptors (Lipinski definition) is 14. The van der Waals surface area contributed by atoms with Gasteiger partial charge < -0.3 is 65.3 Å². The number of nitrogens with one attached hydrogen (secondary N) is 2. The average molecular weight is 608 g/mol. The number of carbonyl (C=O) groups excluding carboxylic acids is 2. The Bertz CT molecular complexity index is 1000. The van der Waals surface area contributed by atoms with Gasteiger partial charge in [-0.25, -0.2) is 0 Å². The highest BCUT2D eigenvalue weighted by molar-refractivity contribution is 5.74.